The van der Waals surface area contributed by atoms with Crippen LogP contribution in [0.15, 0.2) is 42.5 Å². The molecule has 0 saturated heterocycles. The minimum atomic E-state index is -0.430. The zero-order chi connectivity index (χ0) is 20.1. The fourth-order valence-corrected chi connectivity index (χ4v) is 3.10. The molecular formula is C21H19ClN4O2. The van der Waals surface area contributed by atoms with Gasteiger partial charge in [-0.2, -0.15) is 10.4 Å². The smallest absolute Gasteiger partial charge is 0.248 e. The van der Waals surface area contributed by atoms with Gasteiger partial charge in [0.05, 0.1) is 17.3 Å². The van der Waals surface area contributed by atoms with Gasteiger partial charge in [0.1, 0.15) is 11.4 Å². The predicted octanol–water partition coefficient (Wildman–Crippen LogP) is 4.31. The number of aromatic amines is 1. The fraction of sp³-hybridized carbons (Fsp3) is 0.190. The summed E-state index contributed by atoms with van der Waals surface area (Å²) >= 11 is 6.05. The van der Waals surface area contributed by atoms with Gasteiger partial charge in [-0.3, -0.25) is 9.89 Å². The van der Waals surface area contributed by atoms with Gasteiger partial charge < -0.3 is 10.5 Å². The number of nitrogens with one attached hydrogen (secondary N) is 1. The number of carbonyl (C=O) groups is 1. The molecule has 0 bridgehead atoms. The number of amides is 1. The Morgan fingerprint density at radius 2 is 2.00 bits per heavy atom. The molecule has 0 fully saturated rings. The highest BCUT2D eigenvalue weighted by Crippen LogP contribution is 2.30. The van der Waals surface area contributed by atoms with E-state index in [1.165, 1.54) is 0 Å². The maximum Gasteiger partial charge on any atom is 0.248 e. The van der Waals surface area contributed by atoms with Crippen molar-refractivity contribution in [2.45, 2.75) is 26.2 Å². The van der Waals surface area contributed by atoms with Crippen molar-refractivity contribution in [3.63, 3.8) is 0 Å². The number of rotatable bonds is 7. The van der Waals surface area contributed by atoms with Gasteiger partial charge in [0.15, 0.2) is 5.75 Å². The fourth-order valence-electron chi connectivity index (χ4n) is 2.87. The van der Waals surface area contributed by atoms with Crippen molar-refractivity contribution >= 4 is 17.5 Å². The molecule has 3 N–H and O–H groups in total. The van der Waals surface area contributed by atoms with Gasteiger partial charge >= 0.3 is 0 Å². The van der Waals surface area contributed by atoms with Crippen molar-refractivity contribution < 1.29 is 9.53 Å². The van der Waals surface area contributed by atoms with Crippen LogP contribution in [0.1, 0.15) is 39.3 Å². The second-order valence-electron chi connectivity index (χ2n) is 6.43. The highest BCUT2D eigenvalue weighted by Gasteiger charge is 2.14. The highest BCUT2D eigenvalue weighted by atomic mass is 35.5. The lowest BCUT2D eigenvalue weighted by atomic mass is 10.0. The van der Waals surface area contributed by atoms with Crippen molar-refractivity contribution in [2.75, 3.05) is 0 Å². The SMILES string of the molecule is Cc1[nH]nc(CCCc2ccc(C(N)=O)cc2)c1Oc1cc(Cl)cc(C#N)c1. The van der Waals surface area contributed by atoms with Crippen LogP contribution in [0, 0.1) is 18.3 Å². The first-order chi connectivity index (χ1) is 13.5. The van der Waals surface area contributed by atoms with Crippen molar-refractivity contribution in [1.82, 2.24) is 10.2 Å². The minimum Gasteiger partial charge on any atom is -0.453 e. The molecule has 3 rings (SSSR count). The summed E-state index contributed by atoms with van der Waals surface area (Å²) in [6.07, 6.45) is 2.40. The van der Waals surface area contributed by atoms with E-state index >= 15 is 0 Å². The number of halogens is 1. The predicted molar refractivity (Wildman–Crippen MR) is 107 cm³/mol. The first-order valence-corrected chi connectivity index (χ1v) is 9.15. The van der Waals surface area contributed by atoms with Crippen LogP contribution >= 0.6 is 11.6 Å². The standard InChI is InChI=1S/C21H19ClN4O2/c1-13-20(28-18-10-15(12-23)9-17(22)11-18)19(26-25-13)4-2-3-14-5-7-16(8-6-14)21(24)27/h5-11H,2-4H2,1H3,(H2,24,27)(H,25,26). The summed E-state index contributed by atoms with van der Waals surface area (Å²) in [6, 6.07) is 14.2. The molecule has 0 aliphatic carbocycles. The number of aryl methyl sites for hydroxylation is 3. The van der Waals surface area contributed by atoms with Gasteiger partial charge in [-0.05, 0) is 62.1 Å². The van der Waals surface area contributed by atoms with E-state index in [0.29, 0.717) is 34.1 Å². The molecular weight excluding hydrogens is 376 g/mol. The monoisotopic (exact) mass is 394 g/mol. The number of ether oxygens (including phenoxy) is 1. The van der Waals surface area contributed by atoms with Crippen LogP contribution in [-0.2, 0) is 12.8 Å². The van der Waals surface area contributed by atoms with Crippen LogP contribution in [0.4, 0.5) is 0 Å². The van der Waals surface area contributed by atoms with Gasteiger partial charge in [0.2, 0.25) is 5.91 Å². The highest BCUT2D eigenvalue weighted by molar-refractivity contribution is 6.30. The number of hydrogen-bond donors (Lipinski definition) is 2. The molecule has 142 valence electrons. The van der Waals surface area contributed by atoms with Crippen LogP contribution in [0.25, 0.3) is 0 Å². The maximum atomic E-state index is 11.1. The average Bonchev–Trinajstić information content (AvgIpc) is 3.01. The van der Waals surface area contributed by atoms with E-state index < -0.39 is 5.91 Å². The molecule has 0 atom stereocenters. The Morgan fingerprint density at radius 3 is 2.68 bits per heavy atom. The van der Waals surface area contributed by atoms with Gasteiger partial charge in [-0.15, -0.1) is 0 Å². The van der Waals surface area contributed by atoms with Crippen molar-refractivity contribution in [3.8, 4) is 17.6 Å². The third-order valence-corrected chi connectivity index (χ3v) is 4.52. The lowest BCUT2D eigenvalue weighted by Crippen LogP contribution is -2.10. The van der Waals surface area contributed by atoms with E-state index in [2.05, 4.69) is 16.3 Å². The number of H-pyrrole nitrogens is 1. The summed E-state index contributed by atoms with van der Waals surface area (Å²) in [7, 11) is 0. The van der Waals surface area contributed by atoms with Crippen LogP contribution in [0.5, 0.6) is 11.5 Å². The molecule has 6 nitrogen and oxygen atoms in total. The molecule has 0 saturated carbocycles. The number of nitrogens with two attached hydrogens (primary N) is 1. The van der Waals surface area contributed by atoms with E-state index in [4.69, 9.17) is 27.3 Å². The number of nitrogens with zero attached hydrogens (tertiary/aromatic N) is 2. The summed E-state index contributed by atoms with van der Waals surface area (Å²) in [5.74, 6) is 0.716. The molecule has 3 aromatic rings. The topological polar surface area (TPSA) is 105 Å². The van der Waals surface area contributed by atoms with Crippen LogP contribution < -0.4 is 10.5 Å². The van der Waals surface area contributed by atoms with Crippen molar-refractivity contribution in [1.29, 1.82) is 5.26 Å². The molecule has 7 heteroatoms. The number of hydrogen-bond acceptors (Lipinski definition) is 4. The van der Waals surface area contributed by atoms with E-state index in [0.717, 1.165) is 29.8 Å². The number of primary amides is 1. The minimum absolute atomic E-state index is 0.430. The molecule has 28 heavy (non-hydrogen) atoms. The Morgan fingerprint density at radius 1 is 1.25 bits per heavy atom. The zero-order valence-corrected chi connectivity index (χ0v) is 16.1. The van der Waals surface area contributed by atoms with Gasteiger partial charge in [-0.25, -0.2) is 0 Å². The summed E-state index contributed by atoms with van der Waals surface area (Å²) < 4.78 is 5.97. The third-order valence-electron chi connectivity index (χ3n) is 4.30. The van der Waals surface area contributed by atoms with E-state index in [-0.39, 0.29) is 0 Å². The van der Waals surface area contributed by atoms with E-state index in [1.54, 1.807) is 30.3 Å². The van der Waals surface area contributed by atoms with Crippen LogP contribution in [0.2, 0.25) is 5.02 Å². The molecule has 1 heterocycles. The Hall–Kier alpha value is -3.30. The first-order valence-electron chi connectivity index (χ1n) is 8.77. The average molecular weight is 395 g/mol. The van der Waals surface area contributed by atoms with Gasteiger partial charge in [0, 0.05) is 10.6 Å². The lowest BCUT2D eigenvalue weighted by molar-refractivity contribution is 0.100. The normalized spacial score (nSPS) is 10.5. The molecule has 2 aromatic carbocycles. The van der Waals surface area contributed by atoms with Crippen molar-refractivity contribution in [2.24, 2.45) is 5.73 Å². The summed E-state index contributed by atoms with van der Waals surface area (Å²) in [4.78, 5) is 11.1. The largest absolute Gasteiger partial charge is 0.453 e. The number of nitriles is 1. The quantitative estimate of drug-likeness (QED) is 0.622. The molecule has 1 aromatic heterocycles. The third kappa shape index (κ3) is 4.70. The lowest BCUT2D eigenvalue weighted by Gasteiger charge is -2.08. The van der Waals surface area contributed by atoms with Gasteiger partial charge in [0.25, 0.3) is 0 Å². The van der Waals surface area contributed by atoms with Gasteiger partial charge in [-0.1, -0.05) is 23.7 Å². The second kappa shape index (κ2) is 8.59. The van der Waals surface area contributed by atoms with E-state index in [1.807, 2.05) is 19.1 Å². The first kappa shape index (κ1) is 19.5. The molecule has 1 amide bonds. The number of aromatic nitrogens is 2. The Balaban J connectivity index is 1.67. The molecule has 0 unspecified atom stereocenters. The zero-order valence-electron chi connectivity index (χ0n) is 15.3. The second-order valence-corrected chi connectivity index (χ2v) is 6.87. The molecule has 0 aliphatic heterocycles. The molecule has 0 spiro atoms. The summed E-state index contributed by atoms with van der Waals surface area (Å²) in [5, 5.41) is 16.8. The van der Waals surface area contributed by atoms with Crippen LogP contribution in [-0.4, -0.2) is 16.1 Å². The van der Waals surface area contributed by atoms with E-state index in [9.17, 15) is 4.79 Å². The Kier molecular flexibility index (Phi) is 5.97. The number of carbonyl (C=O) groups excluding carboxylic acids is 1. The van der Waals surface area contributed by atoms with Crippen LogP contribution in [0.3, 0.4) is 0 Å². The maximum absolute atomic E-state index is 11.1. The Bertz CT molecular complexity index is 1040. The number of benzene rings is 2. The Labute approximate surface area is 167 Å². The summed E-state index contributed by atoms with van der Waals surface area (Å²) in [6.45, 7) is 1.88. The molecule has 0 radical (unpaired) electrons. The molecule has 0 aliphatic rings. The van der Waals surface area contributed by atoms with Crippen molar-refractivity contribution in [3.05, 3.63) is 75.6 Å². The summed E-state index contributed by atoms with van der Waals surface area (Å²) in [5.41, 5.74) is 8.93.